The van der Waals surface area contributed by atoms with Gasteiger partial charge in [0.05, 0.1) is 38.1 Å². The Kier molecular flexibility index (Phi) is 17.0. The number of ether oxygens (including phenoxy) is 4. The van der Waals surface area contributed by atoms with Gasteiger partial charge in [0.25, 0.3) is 5.91 Å². The molecule has 0 aliphatic carbocycles. The summed E-state index contributed by atoms with van der Waals surface area (Å²) in [4.78, 5) is 29.0. The zero-order valence-corrected chi connectivity index (χ0v) is 34.3. The van der Waals surface area contributed by atoms with Crippen LogP contribution in [0.25, 0.3) is 0 Å². The molecule has 0 saturated carbocycles. The van der Waals surface area contributed by atoms with E-state index in [4.69, 9.17) is 23.4 Å². The van der Waals surface area contributed by atoms with Crippen LogP contribution in [0.15, 0.2) is 85.5 Å². The fourth-order valence-electron chi connectivity index (χ4n) is 7.53. The largest absolute Gasteiger partial charge is 0.447 e. The van der Waals surface area contributed by atoms with Crippen LogP contribution in [0.4, 0.5) is 4.79 Å². The Morgan fingerprint density at radius 2 is 1.50 bits per heavy atom. The summed E-state index contributed by atoms with van der Waals surface area (Å²) in [6.07, 6.45) is 0.825. The van der Waals surface area contributed by atoms with Gasteiger partial charge in [-0.1, -0.05) is 134 Å². The van der Waals surface area contributed by atoms with E-state index in [-0.39, 0.29) is 25.6 Å². The summed E-state index contributed by atoms with van der Waals surface area (Å²) in [5, 5.41) is 0. The number of benzene rings is 2. The molecule has 1 aliphatic heterocycles. The van der Waals surface area contributed by atoms with Gasteiger partial charge in [-0.15, -0.1) is 6.58 Å². The molecule has 0 spiro atoms. The van der Waals surface area contributed by atoms with Crippen molar-refractivity contribution in [3.63, 3.8) is 0 Å². The summed E-state index contributed by atoms with van der Waals surface area (Å²) in [6.45, 7) is 29.1. The Bertz CT molecular complexity index is 1390. The van der Waals surface area contributed by atoms with Crippen LogP contribution in [0.5, 0.6) is 0 Å². The summed E-state index contributed by atoms with van der Waals surface area (Å²) < 4.78 is 32.3. The van der Waals surface area contributed by atoms with Gasteiger partial charge in [-0.25, -0.2) is 9.69 Å². The number of rotatable bonds is 23. The molecule has 52 heavy (non-hydrogen) atoms. The summed E-state index contributed by atoms with van der Waals surface area (Å²) >= 11 is 0. The molecule has 288 valence electrons. The molecule has 2 amide bonds. The highest BCUT2D eigenvalue weighted by Crippen LogP contribution is 2.42. The Morgan fingerprint density at radius 3 is 2.02 bits per heavy atom. The van der Waals surface area contributed by atoms with E-state index in [2.05, 4.69) is 54.7 Å². The quantitative estimate of drug-likeness (QED) is 0.0830. The lowest BCUT2D eigenvalue weighted by atomic mass is 9.92. The monoisotopic (exact) mass is 735 g/mol. The van der Waals surface area contributed by atoms with Gasteiger partial charge in [-0.3, -0.25) is 4.79 Å². The molecule has 0 radical (unpaired) electrons. The minimum Gasteiger partial charge on any atom is -0.447 e. The number of imide groups is 1. The van der Waals surface area contributed by atoms with Gasteiger partial charge < -0.3 is 23.4 Å². The second-order valence-corrected chi connectivity index (χ2v) is 21.1. The number of nitrogens with zero attached hydrogens (tertiary/aromatic N) is 1. The normalized spacial score (nSPS) is 17.4. The van der Waals surface area contributed by atoms with Crippen molar-refractivity contribution in [2.24, 2.45) is 5.92 Å². The molecule has 3 rings (SSSR count). The summed E-state index contributed by atoms with van der Waals surface area (Å²) in [7, 11) is -2.22. The molecule has 1 aliphatic rings. The van der Waals surface area contributed by atoms with Crippen LogP contribution in [0.3, 0.4) is 0 Å². The van der Waals surface area contributed by atoms with Crippen molar-refractivity contribution >= 4 is 20.3 Å². The Balaban J connectivity index is 2.01. The molecule has 1 heterocycles. The van der Waals surface area contributed by atoms with E-state index in [0.717, 1.165) is 16.7 Å². The fourth-order valence-corrected chi connectivity index (χ4v) is 13.0. The van der Waals surface area contributed by atoms with Crippen LogP contribution in [0, 0.1) is 5.92 Å². The van der Waals surface area contributed by atoms with Crippen molar-refractivity contribution in [3.05, 3.63) is 96.6 Å². The molecule has 1 fully saturated rings. The number of allylic oxidation sites excluding steroid dienone is 1. The zero-order chi connectivity index (χ0) is 38.5. The van der Waals surface area contributed by atoms with E-state index >= 15 is 0 Å². The average molecular weight is 736 g/mol. The topological polar surface area (TPSA) is 83.5 Å². The molecular formula is C43H65NO7Si. The van der Waals surface area contributed by atoms with Gasteiger partial charge in [0, 0.05) is 6.42 Å². The molecule has 8 nitrogen and oxygen atoms in total. The number of carbonyl (C=O) groups excluding carboxylic acids is 2. The number of hydrogen-bond acceptors (Lipinski definition) is 7. The van der Waals surface area contributed by atoms with Gasteiger partial charge >= 0.3 is 6.09 Å². The van der Waals surface area contributed by atoms with Crippen LogP contribution in [-0.4, -0.2) is 68.9 Å². The fraction of sp³-hybridized carbons (Fsp3) is 0.581. The maximum Gasteiger partial charge on any atom is 0.417 e. The third kappa shape index (κ3) is 11.5. The maximum absolute atomic E-state index is 14.6. The first-order valence-electron chi connectivity index (χ1n) is 19.0. The predicted octanol–water partition coefficient (Wildman–Crippen LogP) is 10.0. The Morgan fingerprint density at radius 1 is 0.942 bits per heavy atom. The minimum absolute atomic E-state index is 0.00519. The SMILES string of the molecule is C=CCC[C@@](C)(OCc1ccccc1)[C@@H](COCc1ccccc1)O[C@H](CC(=C)CO[Si](C(C)C)(C(C)C)C(C)C)C(=O)N1C(=O)OC[C@@H]1C(C)C. The van der Waals surface area contributed by atoms with Gasteiger partial charge in [0.2, 0.25) is 8.32 Å². The number of amides is 2. The first-order valence-corrected chi connectivity index (χ1v) is 21.2. The highest BCUT2D eigenvalue weighted by atomic mass is 28.4. The van der Waals surface area contributed by atoms with E-state index in [1.807, 2.05) is 87.5 Å². The predicted molar refractivity (Wildman–Crippen MR) is 211 cm³/mol. The van der Waals surface area contributed by atoms with E-state index in [1.165, 1.54) is 4.90 Å². The highest BCUT2D eigenvalue weighted by Gasteiger charge is 2.47. The number of hydrogen-bond donors (Lipinski definition) is 0. The van der Waals surface area contributed by atoms with Gasteiger partial charge in [0.1, 0.15) is 18.8 Å². The van der Waals surface area contributed by atoms with Crippen molar-refractivity contribution in [3.8, 4) is 0 Å². The lowest BCUT2D eigenvalue weighted by Gasteiger charge is -2.42. The van der Waals surface area contributed by atoms with E-state index in [0.29, 0.717) is 49.3 Å². The van der Waals surface area contributed by atoms with Gasteiger partial charge in [-0.2, -0.15) is 0 Å². The van der Waals surface area contributed by atoms with Crippen LogP contribution >= 0.6 is 0 Å². The van der Waals surface area contributed by atoms with Crippen molar-refractivity contribution in [1.82, 2.24) is 4.90 Å². The minimum atomic E-state index is -2.22. The highest BCUT2D eigenvalue weighted by molar-refractivity contribution is 6.77. The molecular weight excluding hydrogens is 671 g/mol. The summed E-state index contributed by atoms with van der Waals surface area (Å²) in [6, 6.07) is 19.5. The standard InChI is InChI=1S/C43H65NO7Si/c1-12-13-24-43(11,49-28-37-22-18-15-19-23-37)40(30-47-27-36-20-16-14-17-21-36)51-39(41(45)44-38(31(2)3)29-48-42(44)46)25-35(10)26-50-52(32(4)5,33(6)7)34(8)9/h12,14-23,31-34,38-40H,1,10,13,24-30H2,2-9,11H3/t38-,39-,40-,43-/m1/s1. The second kappa shape index (κ2) is 20.4. The third-order valence-electron chi connectivity index (χ3n) is 10.5. The van der Waals surface area contributed by atoms with Gasteiger partial charge in [0.15, 0.2) is 0 Å². The Hall–Kier alpha value is -3.08. The zero-order valence-electron chi connectivity index (χ0n) is 33.3. The van der Waals surface area contributed by atoms with E-state index in [1.54, 1.807) is 0 Å². The van der Waals surface area contributed by atoms with Gasteiger partial charge in [-0.05, 0) is 53.4 Å². The molecule has 2 aromatic rings. The van der Waals surface area contributed by atoms with Crippen molar-refractivity contribution < 1.29 is 33.0 Å². The molecule has 9 heteroatoms. The number of carbonyl (C=O) groups is 2. The molecule has 0 aromatic heterocycles. The van der Waals surface area contributed by atoms with Crippen LogP contribution in [0.1, 0.15) is 92.7 Å². The van der Waals surface area contributed by atoms with Crippen molar-refractivity contribution in [1.29, 1.82) is 0 Å². The lowest BCUT2D eigenvalue weighted by Crippen LogP contribution is -2.53. The smallest absolute Gasteiger partial charge is 0.417 e. The molecule has 2 aromatic carbocycles. The van der Waals surface area contributed by atoms with Crippen molar-refractivity contribution in [2.75, 3.05) is 19.8 Å². The molecule has 0 bridgehead atoms. The van der Waals surface area contributed by atoms with E-state index in [9.17, 15) is 9.59 Å². The van der Waals surface area contributed by atoms with Crippen LogP contribution in [0.2, 0.25) is 16.6 Å². The van der Waals surface area contributed by atoms with Crippen LogP contribution in [-0.2, 0) is 41.4 Å². The molecule has 0 N–H and O–H groups in total. The molecule has 1 saturated heterocycles. The second-order valence-electron chi connectivity index (χ2n) is 15.7. The number of cyclic esters (lactones) is 1. The molecule has 0 unspecified atom stereocenters. The summed E-state index contributed by atoms with van der Waals surface area (Å²) in [5.41, 5.74) is 3.03. The first-order chi connectivity index (χ1) is 24.7. The first kappa shape index (κ1) is 43.3. The lowest BCUT2D eigenvalue weighted by molar-refractivity contribution is -0.191. The van der Waals surface area contributed by atoms with E-state index < -0.39 is 44.2 Å². The summed E-state index contributed by atoms with van der Waals surface area (Å²) in [5.74, 6) is -0.459. The molecule has 4 atom stereocenters. The van der Waals surface area contributed by atoms with Crippen LogP contribution < -0.4 is 0 Å². The van der Waals surface area contributed by atoms with Crippen molar-refractivity contribution in [2.45, 2.75) is 135 Å². The maximum atomic E-state index is 14.6. The average Bonchev–Trinajstić information content (AvgIpc) is 3.50. The Labute approximate surface area is 315 Å². The third-order valence-corrected chi connectivity index (χ3v) is 16.6.